The Labute approximate surface area is 163 Å². The molecule has 3 aromatic rings. The minimum absolute atomic E-state index is 0.0538. The molecule has 0 aliphatic carbocycles. The van der Waals surface area contributed by atoms with Crippen LogP contribution in [0, 0.1) is 0 Å². The molecule has 0 aliphatic rings. The van der Waals surface area contributed by atoms with Gasteiger partial charge < -0.3 is 19.9 Å². The third kappa shape index (κ3) is 4.56. The lowest BCUT2D eigenvalue weighted by molar-refractivity contribution is 0.0697. The van der Waals surface area contributed by atoms with Crippen molar-refractivity contribution in [3.8, 4) is 22.8 Å². The first kappa shape index (κ1) is 19.2. The zero-order chi connectivity index (χ0) is 20.1. The number of methoxy groups -OCH3 is 1. The van der Waals surface area contributed by atoms with Crippen LogP contribution in [-0.2, 0) is 0 Å². The Morgan fingerprint density at radius 3 is 2.50 bits per heavy atom. The van der Waals surface area contributed by atoms with Crippen molar-refractivity contribution < 1.29 is 19.4 Å². The highest BCUT2D eigenvalue weighted by Crippen LogP contribution is 2.32. The Morgan fingerprint density at radius 2 is 1.86 bits per heavy atom. The summed E-state index contributed by atoms with van der Waals surface area (Å²) in [6.07, 6.45) is 3.28. The molecular formula is C21H21N3O4. The summed E-state index contributed by atoms with van der Waals surface area (Å²) in [5.74, 6) is 0.921. The molecule has 7 nitrogen and oxygen atoms in total. The monoisotopic (exact) mass is 379 g/mol. The second-order valence-corrected chi connectivity index (χ2v) is 6.33. The first-order chi connectivity index (χ1) is 13.5. The maximum Gasteiger partial charge on any atom is 0.335 e. The van der Waals surface area contributed by atoms with E-state index in [2.05, 4.69) is 15.3 Å². The van der Waals surface area contributed by atoms with Gasteiger partial charge in [0.15, 0.2) is 0 Å². The standard InChI is InChI=1S/C21H21N3O4/c1-13(2)28-16-8-9-19(27-3)17(10-16)23-20-12-22-11-18(24-20)14-4-6-15(7-5-14)21(25)26/h4-13H,1-3H3,(H,23,24)(H,25,26). The molecule has 1 heterocycles. The predicted octanol–water partition coefficient (Wildman–Crippen LogP) is 4.38. The Hall–Kier alpha value is -3.61. The topological polar surface area (TPSA) is 93.6 Å². The summed E-state index contributed by atoms with van der Waals surface area (Å²) >= 11 is 0. The van der Waals surface area contributed by atoms with Crippen molar-refractivity contribution in [1.29, 1.82) is 0 Å². The molecule has 0 fully saturated rings. The van der Waals surface area contributed by atoms with Crippen molar-refractivity contribution in [3.05, 3.63) is 60.4 Å². The average Bonchev–Trinajstić information content (AvgIpc) is 2.68. The maximum absolute atomic E-state index is 11.0. The number of carboxylic acid groups (broad SMARTS) is 1. The molecule has 0 spiro atoms. The van der Waals surface area contributed by atoms with Crippen LogP contribution in [0.2, 0.25) is 0 Å². The third-order valence-corrected chi connectivity index (χ3v) is 3.87. The summed E-state index contributed by atoms with van der Waals surface area (Å²) in [6.45, 7) is 3.92. The van der Waals surface area contributed by atoms with E-state index < -0.39 is 5.97 Å². The van der Waals surface area contributed by atoms with E-state index in [-0.39, 0.29) is 11.7 Å². The van der Waals surface area contributed by atoms with Gasteiger partial charge in [-0.1, -0.05) is 12.1 Å². The highest BCUT2D eigenvalue weighted by atomic mass is 16.5. The van der Waals surface area contributed by atoms with E-state index in [1.54, 1.807) is 31.6 Å². The predicted molar refractivity (Wildman–Crippen MR) is 106 cm³/mol. The van der Waals surface area contributed by atoms with Crippen molar-refractivity contribution >= 4 is 17.5 Å². The fourth-order valence-corrected chi connectivity index (χ4v) is 2.62. The van der Waals surface area contributed by atoms with Crippen molar-refractivity contribution in [2.75, 3.05) is 12.4 Å². The lowest BCUT2D eigenvalue weighted by Gasteiger charge is -2.15. The van der Waals surface area contributed by atoms with Crippen LogP contribution in [0.5, 0.6) is 11.5 Å². The molecule has 0 saturated heterocycles. The van der Waals surface area contributed by atoms with E-state index in [0.29, 0.717) is 28.7 Å². The van der Waals surface area contributed by atoms with Crippen LogP contribution in [0.1, 0.15) is 24.2 Å². The molecule has 0 unspecified atom stereocenters. The number of ether oxygens (including phenoxy) is 2. The summed E-state index contributed by atoms with van der Waals surface area (Å²) in [5, 5.41) is 12.2. The highest BCUT2D eigenvalue weighted by Gasteiger charge is 2.10. The smallest absolute Gasteiger partial charge is 0.335 e. The van der Waals surface area contributed by atoms with E-state index in [4.69, 9.17) is 14.6 Å². The number of carboxylic acids is 1. The van der Waals surface area contributed by atoms with Gasteiger partial charge in [-0.05, 0) is 38.1 Å². The van der Waals surface area contributed by atoms with Gasteiger partial charge >= 0.3 is 5.97 Å². The van der Waals surface area contributed by atoms with Crippen LogP contribution in [0.15, 0.2) is 54.9 Å². The maximum atomic E-state index is 11.0. The Morgan fingerprint density at radius 1 is 1.11 bits per heavy atom. The normalized spacial score (nSPS) is 10.6. The van der Waals surface area contributed by atoms with Gasteiger partial charge in [0.25, 0.3) is 0 Å². The molecule has 28 heavy (non-hydrogen) atoms. The number of anilines is 2. The van der Waals surface area contributed by atoms with Crippen molar-refractivity contribution in [1.82, 2.24) is 9.97 Å². The number of hydrogen-bond acceptors (Lipinski definition) is 6. The molecule has 0 bridgehead atoms. The number of hydrogen-bond donors (Lipinski definition) is 2. The minimum atomic E-state index is -0.969. The zero-order valence-electron chi connectivity index (χ0n) is 15.8. The van der Waals surface area contributed by atoms with Crippen LogP contribution in [0.3, 0.4) is 0 Å². The molecule has 144 valence electrons. The number of aromatic carboxylic acids is 1. The fraction of sp³-hybridized carbons (Fsp3) is 0.190. The van der Waals surface area contributed by atoms with Gasteiger partial charge in [0, 0.05) is 11.6 Å². The molecule has 0 amide bonds. The summed E-state index contributed by atoms with van der Waals surface area (Å²) < 4.78 is 11.1. The van der Waals surface area contributed by atoms with Gasteiger partial charge in [-0.3, -0.25) is 4.98 Å². The first-order valence-corrected chi connectivity index (χ1v) is 8.73. The zero-order valence-corrected chi connectivity index (χ0v) is 15.8. The minimum Gasteiger partial charge on any atom is -0.495 e. The van der Waals surface area contributed by atoms with E-state index in [9.17, 15) is 4.79 Å². The van der Waals surface area contributed by atoms with Crippen molar-refractivity contribution in [3.63, 3.8) is 0 Å². The Kier molecular flexibility index (Phi) is 5.74. The Bertz CT molecular complexity index is 972. The molecule has 7 heteroatoms. The lowest BCUT2D eigenvalue weighted by atomic mass is 10.1. The molecule has 2 N–H and O–H groups in total. The van der Waals surface area contributed by atoms with Gasteiger partial charge in [-0.25, -0.2) is 9.78 Å². The SMILES string of the molecule is COc1ccc(OC(C)C)cc1Nc1cncc(-c2ccc(C(=O)O)cc2)n1. The number of rotatable bonds is 7. The molecule has 0 saturated carbocycles. The number of aromatic nitrogens is 2. The average molecular weight is 379 g/mol. The van der Waals surface area contributed by atoms with Crippen LogP contribution in [0.4, 0.5) is 11.5 Å². The van der Waals surface area contributed by atoms with Crippen LogP contribution >= 0.6 is 0 Å². The number of nitrogens with one attached hydrogen (secondary N) is 1. The Balaban J connectivity index is 1.87. The number of nitrogens with zero attached hydrogens (tertiary/aromatic N) is 2. The molecule has 0 aliphatic heterocycles. The fourth-order valence-electron chi connectivity index (χ4n) is 2.62. The van der Waals surface area contributed by atoms with Gasteiger partial charge in [-0.15, -0.1) is 0 Å². The van der Waals surface area contributed by atoms with Crippen molar-refractivity contribution in [2.24, 2.45) is 0 Å². The molecular weight excluding hydrogens is 358 g/mol. The lowest BCUT2D eigenvalue weighted by Crippen LogP contribution is -2.06. The van der Waals surface area contributed by atoms with E-state index in [0.717, 1.165) is 5.56 Å². The highest BCUT2D eigenvalue weighted by molar-refractivity contribution is 5.88. The van der Waals surface area contributed by atoms with Crippen LogP contribution in [0.25, 0.3) is 11.3 Å². The first-order valence-electron chi connectivity index (χ1n) is 8.73. The summed E-state index contributed by atoms with van der Waals surface area (Å²) in [7, 11) is 1.59. The van der Waals surface area contributed by atoms with Gasteiger partial charge in [0.05, 0.1) is 42.6 Å². The number of carbonyl (C=O) groups is 1. The summed E-state index contributed by atoms with van der Waals surface area (Å²) in [6, 6.07) is 12.0. The second-order valence-electron chi connectivity index (χ2n) is 6.33. The molecule has 2 aromatic carbocycles. The molecule has 3 rings (SSSR count). The van der Waals surface area contributed by atoms with Crippen LogP contribution < -0.4 is 14.8 Å². The third-order valence-electron chi connectivity index (χ3n) is 3.87. The molecule has 1 aromatic heterocycles. The van der Waals surface area contributed by atoms with Gasteiger partial charge in [0.1, 0.15) is 17.3 Å². The van der Waals surface area contributed by atoms with E-state index in [1.165, 1.54) is 12.1 Å². The summed E-state index contributed by atoms with van der Waals surface area (Å²) in [4.78, 5) is 19.8. The molecule has 0 atom stereocenters. The van der Waals surface area contributed by atoms with E-state index >= 15 is 0 Å². The second kappa shape index (κ2) is 8.39. The van der Waals surface area contributed by atoms with Gasteiger partial charge in [-0.2, -0.15) is 0 Å². The quantitative estimate of drug-likeness (QED) is 0.629. The number of benzene rings is 2. The largest absolute Gasteiger partial charge is 0.495 e. The van der Waals surface area contributed by atoms with Gasteiger partial charge in [0.2, 0.25) is 0 Å². The molecule has 0 radical (unpaired) electrons. The van der Waals surface area contributed by atoms with Crippen molar-refractivity contribution in [2.45, 2.75) is 20.0 Å². The summed E-state index contributed by atoms with van der Waals surface area (Å²) in [5.41, 5.74) is 2.31. The van der Waals surface area contributed by atoms with E-state index in [1.807, 2.05) is 32.0 Å². The van der Waals surface area contributed by atoms with Crippen LogP contribution in [-0.4, -0.2) is 34.3 Å².